The third-order valence-corrected chi connectivity index (χ3v) is 6.27. The molecule has 0 saturated carbocycles. The molecule has 5 nitrogen and oxygen atoms in total. The maximum absolute atomic E-state index is 11.8. The minimum Gasteiger partial charge on any atom is -0.464 e. The van der Waals surface area contributed by atoms with Crippen LogP contribution in [0.4, 0.5) is 0 Å². The van der Waals surface area contributed by atoms with Crippen LogP contribution in [-0.2, 0) is 14.1 Å². The predicted octanol–water partition coefficient (Wildman–Crippen LogP) is 3.63. The van der Waals surface area contributed by atoms with Crippen LogP contribution in [0, 0.1) is 0 Å². The first-order valence-corrected chi connectivity index (χ1v) is 10.9. The highest BCUT2D eigenvalue weighted by atomic mass is 31.1. The molecule has 0 aromatic rings. The molecule has 1 fully saturated rings. The van der Waals surface area contributed by atoms with Crippen molar-refractivity contribution in [3.63, 3.8) is 0 Å². The lowest BCUT2D eigenvalue weighted by atomic mass is 9.78. The Morgan fingerprint density at radius 2 is 1.88 bits per heavy atom. The Morgan fingerprint density at radius 3 is 2.42 bits per heavy atom. The number of rotatable bonds is 7. The zero-order chi connectivity index (χ0) is 19.0. The van der Waals surface area contributed by atoms with Gasteiger partial charge in [-0.3, -0.25) is 9.69 Å². The van der Waals surface area contributed by atoms with Crippen molar-refractivity contribution in [2.24, 2.45) is 0 Å². The molecule has 0 aliphatic carbocycles. The van der Waals surface area contributed by atoms with Gasteiger partial charge in [-0.25, -0.2) is 0 Å². The number of hydrogen-bond acceptors (Lipinski definition) is 5. The van der Waals surface area contributed by atoms with Crippen LogP contribution in [0.15, 0.2) is 0 Å². The summed E-state index contributed by atoms with van der Waals surface area (Å²) >= 11 is 0. The van der Waals surface area contributed by atoms with Crippen LogP contribution in [0.2, 0.25) is 0 Å². The fourth-order valence-electron chi connectivity index (χ4n) is 3.19. The van der Waals surface area contributed by atoms with Crippen molar-refractivity contribution in [2.75, 3.05) is 33.1 Å². The number of hydrogen-bond donors (Lipinski definition) is 1. The summed E-state index contributed by atoms with van der Waals surface area (Å²) in [5, 5.41) is 10.3. The lowest BCUT2D eigenvalue weighted by molar-refractivity contribution is -0.148. The first-order chi connectivity index (χ1) is 11.1. The maximum Gasteiger partial charge on any atom is 0.306 e. The number of piperidine rings is 1. The lowest BCUT2D eigenvalue weighted by Gasteiger charge is -2.55. The Bertz CT molecular complexity index is 374. The summed E-state index contributed by atoms with van der Waals surface area (Å²) in [5.74, 6) is -0.167. The molecule has 1 aliphatic heterocycles. The average molecular weight is 363 g/mol. The minimum atomic E-state index is -0.519. The molecule has 2 unspecified atom stereocenters. The average Bonchev–Trinajstić information content (AvgIpc) is 2.54. The number of carbonyl (C=O) groups is 1. The molecule has 0 spiro atoms. The zero-order valence-corrected chi connectivity index (χ0v) is 17.8. The predicted molar refractivity (Wildman–Crippen MR) is 102 cm³/mol. The highest BCUT2D eigenvalue weighted by molar-refractivity contribution is 7.51. The second-order valence-electron chi connectivity index (χ2n) is 7.18. The number of nitrogens with zero attached hydrogens (tertiary/aromatic N) is 1. The van der Waals surface area contributed by atoms with E-state index < -0.39 is 8.15 Å². The Kier molecular flexibility index (Phi) is 10.6. The van der Waals surface area contributed by atoms with Crippen LogP contribution in [0.1, 0.15) is 60.8 Å². The first kappa shape index (κ1) is 23.8. The standard InChI is InChI=1S/C16H32NO4P.C2H6/c1-15(2)9-7-13(18)16(3,4)17(15)10-11-21-14(19)8-12-22(6)20-5;1-2/h13,18H,7-12H2,1-6H3;1-2H3. The second-order valence-corrected chi connectivity index (χ2v) is 9.24. The molecule has 1 aliphatic rings. The SMILES string of the molecule is CC.COP(C)CCC(=O)OCCN1C(C)(C)CCC(O)C1(C)C. The van der Waals surface area contributed by atoms with Gasteiger partial charge in [0, 0.05) is 39.0 Å². The summed E-state index contributed by atoms with van der Waals surface area (Å²) in [7, 11) is 1.15. The van der Waals surface area contributed by atoms with Crippen LogP contribution >= 0.6 is 8.15 Å². The van der Waals surface area contributed by atoms with Crippen LogP contribution in [0.3, 0.4) is 0 Å². The number of likely N-dealkylation sites (tertiary alicyclic amines) is 1. The van der Waals surface area contributed by atoms with Gasteiger partial charge in [0.1, 0.15) is 6.61 Å². The molecule has 0 bridgehead atoms. The monoisotopic (exact) mass is 363 g/mol. The van der Waals surface area contributed by atoms with Crippen molar-refractivity contribution >= 4 is 14.1 Å². The van der Waals surface area contributed by atoms with Crippen LogP contribution in [0.25, 0.3) is 0 Å². The number of esters is 1. The van der Waals surface area contributed by atoms with E-state index in [0.29, 0.717) is 19.6 Å². The van der Waals surface area contributed by atoms with E-state index in [9.17, 15) is 9.90 Å². The Balaban J connectivity index is 0.00000254. The summed E-state index contributed by atoms with van der Waals surface area (Å²) in [6, 6.07) is 0. The molecular weight excluding hydrogens is 325 g/mol. The van der Waals surface area contributed by atoms with E-state index in [1.807, 2.05) is 20.5 Å². The van der Waals surface area contributed by atoms with Gasteiger partial charge in [-0.15, -0.1) is 0 Å². The third-order valence-electron chi connectivity index (χ3n) is 4.79. The molecule has 0 aromatic heterocycles. The highest BCUT2D eigenvalue weighted by Crippen LogP contribution is 2.38. The molecule has 144 valence electrons. The summed E-state index contributed by atoms with van der Waals surface area (Å²) in [6.07, 6.45) is 2.56. The number of aliphatic hydroxyl groups excluding tert-OH is 1. The van der Waals surface area contributed by atoms with Crippen LogP contribution in [0.5, 0.6) is 0 Å². The second kappa shape index (κ2) is 10.7. The van der Waals surface area contributed by atoms with Gasteiger partial charge in [-0.05, 0) is 47.2 Å². The topological polar surface area (TPSA) is 59.0 Å². The summed E-state index contributed by atoms with van der Waals surface area (Å²) < 4.78 is 10.5. The van der Waals surface area contributed by atoms with Crippen molar-refractivity contribution in [2.45, 2.75) is 78.0 Å². The van der Waals surface area contributed by atoms with Crippen molar-refractivity contribution in [3.8, 4) is 0 Å². The van der Waals surface area contributed by atoms with Gasteiger partial charge in [-0.1, -0.05) is 13.8 Å². The molecule has 2 atom stereocenters. The van der Waals surface area contributed by atoms with Crippen molar-refractivity contribution < 1.29 is 19.2 Å². The van der Waals surface area contributed by atoms with Crippen LogP contribution in [-0.4, -0.2) is 66.2 Å². The maximum atomic E-state index is 11.8. The molecule has 1 N–H and O–H groups in total. The van der Waals surface area contributed by atoms with E-state index in [1.54, 1.807) is 7.11 Å². The minimum absolute atomic E-state index is 0.00291. The van der Waals surface area contributed by atoms with E-state index >= 15 is 0 Å². The Labute approximate surface area is 149 Å². The van der Waals surface area contributed by atoms with E-state index in [1.165, 1.54) is 0 Å². The fraction of sp³-hybridized carbons (Fsp3) is 0.944. The summed E-state index contributed by atoms with van der Waals surface area (Å²) in [5.41, 5.74) is -0.301. The summed E-state index contributed by atoms with van der Waals surface area (Å²) in [6.45, 7) is 15.5. The van der Waals surface area contributed by atoms with Gasteiger partial charge in [-0.2, -0.15) is 0 Å². The van der Waals surface area contributed by atoms with E-state index in [0.717, 1.165) is 19.0 Å². The summed E-state index contributed by atoms with van der Waals surface area (Å²) in [4.78, 5) is 14.0. The quantitative estimate of drug-likeness (QED) is 0.553. The smallest absolute Gasteiger partial charge is 0.306 e. The molecule has 0 aromatic carbocycles. The van der Waals surface area contributed by atoms with E-state index in [4.69, 9.17) is 9.26 Å². The van der Waals surface area contributed by atoms with Gasteiger partial charge in [0.15, 0.2) is 0 Å². The van der Waals surface area contributed by atoms with Gasteiger partial charge in [0.2, 0.25) is 0 Å². The van der Waals surface area contributed by atoms with Crippen molar-refractivity contribution in [3.05, 3.63) is 0 Å². The molecule has 24 heavy (non-hydrogen) atoms. The van der Waals surface area contributed by atoms with Gasteiger partial charge >= 0.3 is 5.97 Å². The van der Waals surface area contributed by atoms with Gasteiger partial charge in [0.25, 0.3) is 0 Å². The van der Waals surface area contributed by atoms with Gasteiger partial charge in [0.05, 0.1) is 12.5 Å². The molecule has 1 saturated heterocycles. The Hall–Kier alpha value is -0.220. The zero-order valence-electron chi connectivity index (χ0n) is 16.9. The number of carbonyl (C=O) groups excluding carboxylic acids is 1. The van der Waals surface area contributed by atoms with Crippen molar-refractivity contribution in [1.29, 1.82) is 0 Å². The molecular formula is C18H38NO4P. The fourth-order valence-corrected chi connectivity index (χ4v) is 3.87. The molecule has 0 amide bonds. The molecule has 6 heteroatoms. The molecule has 1 rings (SSSR count). The number of aliphatic hydroxyl groups is 1. The van der Waals surface area contributed by atoms with E-state index in [-0.39, 0.29) is 23.2 Å². The lowest BCUT2D eigenvalue weighted by Crippen LogP contribution is -2.65. The van der Waals surface area contributed by atoms with Crippen LogP contribution < -0.4 is 0 Å². The van der Waals surface area contributed by atoms with E-state index in [2.05, 4.69) is 32.6 Å². The molecule has 0 radical (unpaired) electrons. The van der Waals surface area contributed by atoms with Crippen molar-refractivity contribution in [1.82, 2.24) is 4.90 Å². The number of ether oxygens (including phenoxy) is 1. The highest BCUT2D eigenvalue weighted by Gasteiger charge is 2.46. The Morgan fingerprint density at radius 1 is 1.29 bits per heavy atom. The normalized spacial score (nSPS) is 23.8. The third kappa shape index (κ3) is 6.95. The van der Waals surface area contributed by atoms with Gasteiger partial charge < -0.3 is 14.4 Å². The molecule has 1 heterocycles. The first-order valence-electron chi connectivity index (χ1n) is 8.98. The largest absolute Gasteiger partial charge is 0.464 e.